The first-order valence-electron chi connectivity index (χ1n) is 3.92. The molecular formula is C8H6BrFN2OS. The summed E-state index contributed by atoms with van der Waals surface area (Å²) in [5.41, 5.74) is 0.471. The fourth-order valence-electron chi connectivity index (χ4n) is 1.16. The molecule has 0 saturated heterocycles. The van der Waals surface area contributed by atoms with Crippen molar-refractivity contribution in [2.24, 2.45) is 0 Å². The highest BCUT2D eigenvalue weighted by molar-refractivity contribution is 9.10. The first-order chi connectivity index (χ1) is 6.74. The van der Waals surface area contributed by atoms with E-state index in [4.69, 9.17) is 0 Å². The maximum absolute atomic E-state index is 12.1. The Morgan fingerprint density at radius 2 is 2.43 bits per heavy atom. The molecule has 0 radical (unpaired) electrons. The number of thiophene rings is 1. The van der Waals surface area contributed by atoms with Crippen LogP contribution >= 0.6 is 27.3 Å². The van der Waals surface area contributed by atoms with Crippen LogP contribution in [-0.2, 0) is 6.54 Å². The van der Waals surface area contributed by atoms with Gasteiger partial charge in [-0.15, -0.1) is 11.3 Å². The van der Waals surface area contributed by atoms with Crippen molar-refractivity contribution >= 4 is 37.5 Å². The van der Waals surface area contributed by atoms with Gasteiger partial charge in [-0.25, -0.2) is 9.37 Å². The molecule has 0 spiro atoms. The Bertz CT molecular complexity index is 522. The van der Waals surface area contributed by atoms with Crippen LogP contribution in [-0.4, -0.2) is 16.2 Å². The van der Waals surface area contributed by atoms with E-state index in [1.807, 2.05) is 0 Å². The average molecular weight is 277 g/mol. The molecule has 0 aliphatic rings. The monoisotopic (exact) mass is 276 g/mol. The van der Waals surface area contributed by atoms with Crippen molar-refractivity contribution in [3.05, 3.63) is 26.5 Å². The van der Waals surface area contributed by atoms with Crippen molar-refractivity contribution in [2.45, 2.75) is 6.54 Å². The fourth-order valence-corrected chi connectivity index (χ4v) is 2.70. The Labute approximate surface area is 91.3 Å². The average Bonchev–Trinajstić information content (AvgIpc) is 2.54. The van der Waals surface area contributed by atoms with Gasteiger partial charge in [0.25, 0.3) is 5.56 Å². The molecule has 14 heavy (non-hydrogen) atoms. The van der Waals surface area contributed by atoms with Crippen LogP contribution in [0.1, 0.15) is 0 Å². The summed E-state index contributed by atoms with van der Waals surface area (Å²) in [6, 6.07) is 0. The lowest BCUT2D eigenvalue weighted by Crippen LogP contribution is -2.20. The third-order valence-corrected chi connectivity index (χ3v) is 3.69. The number of fused-ring (bicyclic) bond motifs is 1. The maximum atomic E-state index is 12.1. The van der Waals surface area contributed by atoms with Gasteiger partial charge in [0.05, 0.1) is 17.3 Å². The van der Waals surface area contributed by atoms with Crippen molar-refractivity contribution < 1.29 is 4.39 Å². The molecule has 0 amide bonds. The number of hydrogen-bond donors (Lipinski definition) is 0. The van der Waals surface area contributed by atoms with Crippen LogP contribution in [0.2, 0.25) is 0 Å². The van der Waals surface area contributed by atoms with E-state index < -0.39 is 6.67 Å². The highest BCUT2D eigenvalue weighted by Crippen LogP contribution is 2.25. The summed E-state index contributed by atoms with van der Waals surface area (Å²) in [4.78, 5) is 15.8. The van der Waals surface area contributed by atoms with Gasteiger partial charge in [-0.2, -0.15) is 0 Å². The highest BCUT2D eigenvalue weighted by Gasteiger charge is 2.08. The van der Waals surface area contributed by atoms with Gasteiger partial charge in [0.1, 0.15) is 16.9 Å². The Balaban J connectivity index is 2.70. The van der Waals surface area contributed by atoms with E-state index in [1.165, 1.54) is 22.2 Å². The molecule has 0 aliphatic carbocycles. The number of rotatable bonds is 2. The van der Waals surface area contributed by atoms with E-state index in [9.17, 15) is 9.18 Å². The number of nitrogens with zero attached hydrogens (tertiary/aromatic N) is 2. The molecule has 2 rings (SSSR count). The summed E-state index contributed by atoms with van der Waals surface area (Å²) in [5, 5.41) is 1.80. The first kappa shape index (κ1) is 9.79. The van der Waals surface area contributed by atoms with Crippen LogP contribution in [0.3, 0.4) is 0 Å². The summed E-state index contributed by atoms with van der Waals surface area (Å²) >= 11 is 4.61. The molecule has 0 N–H and O–H groups in total. The molecular weight excluding hydrogens is 271 g/mol. The molecule has 0 aromatic carbocycles. The van der Waals surface area contributed by atoms with E-state index in [0.717, 1.165) is 4.47 Å². The molecule has 0 saturated carbocycles. The van der Waals surface area contributed by atoms with Crippen molar-refractivity contribution in [1.82, 2.24) is 9.55 Å². The van der Waals surface area contributed by atoms with E-state index >= 15 is 0 Å². The first-order valence-corrected chi connectivity index (χ1v) is 5.59. The minimum Gasteiger partial charge on any atom is -0.295 e. The van der Waals surface area contributed by atoms with Gasteiger partial charge in [0.15, 0.2) is 0 Å². The molecule has 2 aromatic heterocycles. The van der Waals surface area contributed by atoms with E-state index in [1.54, 1.807) is 5.38 Å². The highest BCUT2D eigenvalue weighted by atomic mass is 79.9. The lowest BCUT2D eigenvalue weighted by Gasteiger charge is -2.00. The Kier molecular flexibility index (Phi) is 2.64. The number of hydrogen-bond acceptors (Lipinski definition) is 3. The lowest BCUT2D eigenvalue weighted by atomic mass is 10.4. The fraction of sp³-hybridized carbons (Fsp3) is 0.250. The Morgan fingerprint density at radius 1 is 1.64 bits per heavy atom. The maximum Gasteiger partial charge on any atom is 0.271 e. The zero-order chi connectivity index (χ0) is 10.1. The van der Waals surface area contributed by atoms with Crippen LogP contribution < -0.4 is 5.56 Å². The smallest absolute Gasteiger partial charge is 0.271 e. The van der Waals surface area contributed by atoms with Crippen molar-refractivity contribution in [1.29, 1.82) is 0 Å². The van der Waals surface area contributed by atoms with E-state index in [0.29, 0.717) is 10.2 Å². The molecule has 2 heterocycles. The van der Waals surface area contributed by atoms with Crippen molar-refractivity contribution in [3.8, 4) is 0 Å². The third kappa shape index (κ3) is 1.48. The van der Waals surface area contributed by atoms with Crippen LogP contribution in [0.15, 0.2) is 21.0 Å². The molecule has 0 fully saturated rings. The summed E-state index contributed by atoms with van der Waals surface area (Å²) in [6.07, 6.45) is 1.38. The summed E-state index contributed by atoms with van der Waals surface area (Å²) < 4.78 is 14.7. The SMILES string of the molecule is O=c1c2scc(Br)c2ncn1CCF. The van der Waals surface area contributed by atoms with Gasteiger partial charge < -0.3 is 0 Å². The second-order valence-electron chi connectivity index (χ2n) is 2.69. The quantitative estimate of drug-likeness (QED) is 0.843. The predicted octanol–water partition coefficient (Wildman–Crippen LogP) is 2.19. The number of aryl methyl sites for hydroxylation is 1. The van der Waals surface area contributed by atoms with Crippen molar-refractivity contribution in [3.63, 3.8) is 0 Å². The summed E-state index contributed by atoms with van der Waals surface area (Å²) in [5.74, 6) is 0. The molecule has 74 valence electrons. The van der Waals surface area contributed by atoms with Gasteiger partial charge in [0, 0.05) is 5.38 Å². The molecule has 0 atom stereocenters. The molecule has 6 heteroatoms. The van der Waals surface area contributed by atoms with Crippen LogP contribution in [0, 0.1) is 0 Å². The van der Waals surface area contributed by atoms with Crippen molar-refractivity contribution in [2.75, 3.05) is 6.67 Å². The lowest BCUT2D eigenvalue weighted by molar-refractivity contribution is 0.439. The second kappa shape index (κ2) is 3.78. The molecule has 2 aromatic rings. The van der Waals surface area contributed by atoms with Gasteiger partial charge >= 0.3 is 0 Å². The minimum absolute atomic E-state index is 0.0668. The number of aromatic nitrogens is 2. The topological polar surface area (TPSA) is 34.9 Å². The van der Waals surface area contributed by atoms with Crippen LogP contribution in [0.25, 0.3) is 10.2 Å². The summed E-state index contributed by atoms with van der Waals surface area (Å²) in [7, 11) is 0. The molecule has 0 bridgehead atoms. The van der Waals surface area contributed by atoms with Gasteiger partial charge in [-0.3, -0.25) is 9.36 Å². The number of halogens is 2. The zero-order valence-corrected chi connectivity index (χ0v) is 9.44. The van der Waals surface area contributed by atoms with Gasteiger partial charge in [0.2, 0.25) is 0 Å². The standard InChI is InChI=1S/C8H6BrFN2OS/c9-5-3-14-7-6(5)11-4-12(2-1-10)8(7)13/h3-4H,1-2H2. The second-order valence-corrected chi connectivity index (χ2v) is 4.43. The third-order valence-electron chi connectivity index (χ3n) is 1.83. The zero-order valence-electron chi connectivity index (χ0n) is 7.04. The molecule has 0 unspecified atom stereocenters. The van der Waals surface area contributed by atoms with Crippen LogP contribution in [0.4, 0.5) is 4.39 Å². The minimum atomic E-state index is -0.556. The molecule has 0 aliphatic heterocycles. The Hall–Kier alpha value is -0.750. The Morgan fingerprint density at radius 3 is 3.14 bits per heavy atom. The predicted molar refractivity (Wildman–Crippen MR) is 57.6 cm³/mol. The van der Waals surface area contributed by atoms with Gasteiger partial charge in [-0.05, 0) is 15.9 Å². The summed E-state index contributed by atoms with van der Waals surface area (Å²) in [6.45, 7) is -0.489. The number of alkyl halides is 1. The molecule has 3 nitrogen and oxygen atoms in total. The largest absolute Gasteiger partial charge is 0.295 e. The van der Waals surface area contributed by atoms with Gasteiger partial charge in [-0.1, -0.05) is 0 Å². The normalized spacial score (nSPS) is 11.0. The van der Waals surface area contributed by atoms with E-state index in [-0.39, 0.29) is 12.1 Å². The van der Waals surface area contributed by atoms with E-state index in [2.05, 4.69) is 20.9 Å². The van der Waals surface area contributed by atoms with Crippen LogP contribution in [0.5, 0.6) is 0 Å².